The largest absolute Gasteiger partial charge is 0.378 e. The third-order valence-corrected chi connectivity index (χ3v) is 3.52. The van der Waals surface area contributed by atoms with E-state index < -0.39 is 14.8 Å². The molecule has 9 heteroatoms. The lowest BCUT2D eigenvalue weighted by molar-refractivity contribution is -0.384. The standard InChI is InChI=1S/C11H15N3O5S/c1-8(15)12-5-6-13-10-4-3-9(20(2,18)19)7-11(10)14(16)17/h3-4,7,13H,5-6H2,1-2H3,(H,12,15). The number of rotatable bonds is 6. The van der Waals surface area contributed by atoms with Gasteiger partial charge in [0.2, 0.25) is 5.91 Å². The molecule has 1 rings (SSSR count). The van der Waals surface area contributed by atoms with E-state index in [0.29, 0.717) is 13.1 Å². The number of carbonyl (C=O) groups is 1. The molecule has 0 unspecified atom stereocenters. The van der Waals surface area contributed by atoms with Crippen LogP contribution in [-0.4, -0.2) is 38.6 Å². The molecule has 0 radical (unpaired) electrons. The zero-order valence-electron chi connectivity index (χ0n) is 11.0. The van der Waals surface area contributed by atoms with E-state index in [1.165, 1.54) is 19.1 Å². The molecule has 0 fully saturated rings. The molecule has 0 aromatic heterocycles. The quantitative estimate of drug-likeness (QED) is 0.450. The predicted octanol–water partition coefficient (Wildman–Crippen LogP) is 0.546. The van der Waals surface area contributed by atoms with Gasteiger partial charge in [0.05, 0.1) is 9.82 Å². The molecule has 0 saturated carbocycles. The summed E-state index contributed by atoms with van der Waals surface area (Å²) in [7, 11) is -3.50. The lowest BCUT2D eigenvalue weighted by atomic mass is 10.2. The topological polar surface area (TPSA) is 118 Å². The van der Waals surface area contributed by atoms with E-state index in [1.807, 2.05) is 0 Å². The molecule has 0 aliphatic carbocycles. The Kier molecular flexibility index (Phi) is 5.03. The maximum atomic E-state index is 11.4. The van der Waals surface area contributed by atoms with E-state index in [0.717, 1.165) is 12.3 Å². The van der Waals surface area contributed by atoms with E-state index in [4.69, 9.17) is 0 Å². The Labute approximate surface area is 116 Å². The molecule has 110 valence electrons. The fourth-order valence-corrected chi connectivity index (χ4v) is 2.12. The Morgan fingerprint density at radius 2 is 2.00 bits per heavy atom. The highest BCUT2D eigenvalue weighted by atomic mass is 32.2. The highest BCUT2D eigenvalue weighted by molar-refractivity contribution is 7.90. The molecule has 20 heavy (non-hydrogen) atoms. The van der Waals surface area contributed by atoms with Gasteiger partial charge in [-0.25, -0.2) is 8.42 Å². The summed E-state index contributed by atoms with van der Waals surface area (Å²) in [6.45, 7) is 1.96. The molecule has 0 saturated heterocycles. The van der Waals surface area contributed by atoms with Crippen LogP contribution in [-0.2, 0) is 14.6 Å². The summed E-state index contributed by atoms with van der Waals surface area (Å²) in [6, 6.07) is 3.64. The normalized spacial score (nSPS) is 10.9. The molecule has 0 aliphatic rings. The first-order valence-corrected chi connectivity index (χ1v) is 7.58. The fourth-order valence-electron chi connectivity index (χ4n) is 1.48. The Morgan fingerprint density at radius 1 is 1.35 bits per heavy atom. The summed E-state index contributed by atoms with van der Waals surface area (Å²) in [5.74, 6) is -0.200. The maximum Gasteiger partial charge on any atom is 0.293 e. The van der Waals surface area contributed by atoms with Crippen molar-refractivity contribution in [2.24, 2.45) is 0 Å². The van der Waals surface area contributed by atoms with Gasteiger partial charge in [-0.1, -0.05) is 0 Å². The maximum absolute atomic E-state index is 11.4. The molecule has 8 nitrogen and oxygen atoms in total. The minimum absolute atomic E-state index is 0.114. The van der Waals surface area contributed by atoms with Gasteiger partial charge < -0.3 is 10.6 Å². The van der Waals surface area contributed by atoms with Crippen LogP contribution in [0.3, 0.4) is 0 Å². The number of hydrogen-bond acceptors (Lipinski definition) is 6. The van der Waals surface area contributed by atoms with Crippen LogP contribution in [0, 0.1) is 10.1 Å². The molecule has 0 aliphatic heterocycles. The van der Waals surface area contributed by atoms with Crippen molar-refractivity contribution in [1.82, 2.24) is 5.32 Å². The number of amides is 1. The van der Waals surface area contributed by atoms with Gasteiger partial charge in [-0.2, -0.15) is 0 Å². The van der Waals surface area contributed by atoms with Crippen LogP contribution in [0.2, 0.25) is 0 Å². The summed E-state index contributed by atoms with van der Waals surface area (Å²) < 4.78 is 22.7. The van der Waals surface area contributed by atoms with Crippen LogP contribution in [0.5, 0.6) is 0 Å². The lowest BCUT2D eigenvalue weighted by Crippen LogP contribution is -2.26. The SMILES string of the molecule is CC(=O)NCCNc1ccc(S(C)(=O)=O)cc1[N+](=O)[O-]. The van der Waals surface area contributed by atoms with Crippen molar-refractivity contribution < 1.29 is 18.1 Å². The van der Waals surface area contributed by atoms with Gasteiger partial charge in [-0.15, -0.1) is 0 Å². The first-order valence-electron chi connectivity index (χ1n) is 5.68. The number of nitro groups is 1. The number of nitrogens with one attached hydrogen (secondary N) is 2. The molecule has 0 spiro atoms. The van der Waals surface area contributed by atoms with E-state index in [9.17, 15) is 23.3 Å². The van der Waals surface area contributed by atoms with Crippen LogP contribution >= 0.6 is 0 Å². The van der Waals surface area contributed by atoms with E-state index in [-0.39, 0.29) is 22.2 Å². The van der Waals surface area contributed by atoms with Crippen molar-refractivity contribution in [3.05, 3.63) is 28.3 Å². The minimum Gasteiger partial charge on any atom is -0.378 e. The van der Waals surface area contributed by atoms with Gasteiger partial charge in [0.25, 0.3) is 5.69 Å². The zero-order chi connectivity index (χ0) is 15.3. The summed E-state index contributed by atoms with van der Waals surface area (Å²) in [4.78, 5) is 20.8. The number of nitrogens with zero attached hydrogens (tertiary/aromatic N) is 1. The average molecular weight is 301 g/mol. The van der Waals surface area contributed by atoms with Gasteiger partial charge in [0, 0.05) is 32.3 Å². The van der Waals surface area contributed by atoms with Crippen LogP contribution in [0.15, 0.2) is 23.1 Å². The van der Waals surface area contributed by atoms with Crippen LogP contribution in [0.4, 0.5) is 11.4 Å². The molecule has 0 bridgehead atoms. The first kappa shape index (κ1) is 15.9. The third-order valence-electron chi connectivity index (χ3n) is 2.41. The number of nitro benzene ring substituents is 1. The molecule has 2 N–H and O–H groups in total. The Morgan fingerprint density at radius 3 is 2.50 bits per heavy atom. The fraction of sp³-hybridized carbons (Fsp3) is 0.364. The van der Waals surface area contributed by atoms with Crippen LogP contribution in [0.1, 0.15) is 6.92 Å². The van der Waals surface area contributed by atoms with Crippen LogP contribution in [0.25, 0.3) is 0 Å². The number of sulfone groups is 1. The van der Waals surface area contributed by atoms with E-state index in [2.05, 4.69) is 10.6 Å². The second-order valence-corrected chi connectivity index (χ2v) is 6.13. The Hall–Kier alpha value is -2.16. The second kappa shape index (κ2) is 6.33. The lowest BCUT2D eigenvalue weighted by Gasteiger charge is -2.08. The predicted molar refractivity (Wildman–Crippen MR) is 73.4 cm³/mol. The number of benzene rings is 1. The summed E-state index contributed by atoms with van der Waals surface area (Å²) in [6.07, 6.45) is 0.982. The van der Waals surface area contributed by atoms with Gasteiger partial charge in [0.15, 0.2) is 9.84 Å². The van der Waals surface area contributed by atoms with Crippen molar-refractivity contribution in [2.75, 3.05) is 24.7 Å². The van der Waals surface area contributed by atoms with Gasteiger partial charge in [-0.05, 0) is 12.1 Å². The summed E-state index contributed by atoms with van der Waals surface area (Å²) >= 11 is 0. The zero-order valence-corrected chi connectivity index (χ0v) is 11.9. The van der Waals surface area contributed by atoms with Crippen LogP contribution < -0.4 is 10.6 Å². The van der Waals surface area contributed by atoms with Gasteiger partial charge in [-0.3, -0.25) is 14.9 Å². The van der Waals surface area contributed by atoms with Crippen molar-refractivity contribution in [3.8, 4) is 0 Å². The number of hydrogen-bond donors (Lipinski definition) is 2. The summed E-state index contributed by atoms with van der Waals surface area (Å²) in [5, 5.41) is 16.3. The number of carbonyl (C=O) groups excluding carboxylic acids is 1. The summed E-state index contributed by atoms with van der Waals surface area (Å²) in [5.41, 5.74) is -0.122. The molecule has 0 atom stereocenters. The molecule has 1 amide bonds. The smallest absolute Gasteiger partial charge is 0.293 e. The number of anilines is 1. The molecule has 1 aromatic carbocycles. The van der Waals surface area contributed by atoms with E-state index in [1.54, 1.807) is 0 Å². The monoisotopic (exact) mass is 301 g/mol. The van der Waals surface area contributed by atoms with Crippen molar-refractivity contribution >= 4 is 27.1 Å². The molecule has 0 heterocycles. The Bertz CT molecular complexity index is 627. The Balaban J connectivity index is 2.91. The first-order chi connectivity index (χ1) is 9.21. The highest BCUT2D eigenvalue weighted by Crippen LogP contribution is 2.27. The molecular formula is C11H15N3O5S. The average Bonchev–Trinajstić information content (AvgIpc) is 2.33. The third kappa shape index (κ3) is 4.50. The van der Waals surface area contributed by atoms with Crippen molar-refractivity contribution in [1.29, 1.82) is 0 Å². The van der Waals surface area contributed by atoms with E-state index >= 15 is 0 Å². The highest BCUT2D eigenvalue weighted by Gasteiger charge is 2.18. The molecule has 1 aromatic rings. The van der Waals surface area contributed by atoms with Crippen molar-refractivity contribution in [2.45, 2.75) is 11.8 Å². The van der Waals surface area contributed by atoms with Crippen molar-refractivity contribution in [3.63, 3.8) is 0 Å². The molecular weight excluding hydrogens is 286 g/mol. The minimum atomic E-state index is -3.50. The van der Waals surface area contributed by atoms with Gasteiger partial charge >= 0.3 is 0 Å². The van der Waals surface area contributed by atoms with Gasteiger partial charge in [0.1, 0.15) is 5.69 Å². The second-order valence-electron chi connectivity index (χ2n) is 4.12.